The van der Waals surface area contributed by atoms with Crippen LogP contribution in [-0.2, 0) is 6.18 Å². The van der Waals surface area contributed by atoms with E-state index in [4.69, 9.17) is 4.74 Å². The number of halogens is 3. The first-order chi connectivity index (χ1) is 7.27. The minimum atomic E-state index is -4.46. The van der Waals surface area contributed by atoms with Gasteiger partial charge in [-0.15, -0.1) is 0 Å². The molecule has 1 aromatic carbocycles. The van der Waals surface area contributed by atoms with Crippen molar-refractivity contribution in [3.8, 4) is 5.75 Å². The molecule has 0 aliphatic rings. The molecule has 0 aliphatic heterocycles. The molecular formula is C11H11F3O2. The third kappa shape index (κ3) is 2.35. The Bertz CT molecular complexity index is 422. The van der Waals surface area contributed by atoms with Gasteiger partial charge in [-0.05, 0) is 31.5 Å². The molecule has 0 N–H and O–H groups in total. The van der Waals surface area contributed by atoms with Crippen LogP contribution in [0.4, 0.5) is 13.2 Å². The number of ether oxygens (including phenoxy) is 1. The number of Topliss-reactive ketones (excluding diaryl/α,β-unsaturated/α-hetero) is 1. The molecule has 1 aromatic rings. The van der Waals surface area contributed by atoms with E-state index in [2.05, 4.69) is 0 Å². The summed E-state index contributed by atoms with van der Waals surface area (Å²) in [6, 6.07) is 1.78. The topological polar surface area (TPSA) is 26.3 Å². The van der Waals surface area contributed by atoms with E-state index in [9.17, 15) is 18.0 Å². The number of hydrogen-bond acceptors (Lipinski definition) is 2. The number of alkyl halides is 3. The van der Waals surface area contributed by atoms with Gasteiger partial charge in [0.2, 0.25) is 0 Å². The number of aryl methyl sites for hydroxylation is 1. The first kappa shape index (κ1) is 12.5. The van der Waals surface area contributed by atoms with Crippen molar-refractivity contribution in [1.29, 1.82) is 0 Å². The molecule has 0 saturated carbocycles. The molecule has 0 aromatic heterocycles. The maximum absolute atomic E-state index is 12.5. The molecule has 2 nitrogen and oxygen atoms in total. The average Bonchev–Trinajstić information content (AvgIpc) is 2.14. The Hall–Kier alpha value is -1.52. The first-order valence-electron chi connectivity index (χ1n) is 4.54. The number of rotatable bonds is 2. The zero-order valence-electron chi connectivity index (χ0n) is 9.11. The third-order valence-corrected chi connectivity index (χ3v) is 2.19. The second-order valence-electron chi connectivity index (χ2n) is 3.43. The maximum Gasteiger partial charge on any atom is 0.416 e. The van der Waals surface area contributed by atoms with Crippen LogP contribution in [0.3, 0.4) is 0 Å². The van der Waals surface area contributed by atoms with Crippen LogP contribution in [-0.4, -0.2) is 12.9 Å². The quantitative estimate of drug-likeness (QED) is 0.732. The van der Waals surface area contributed by atoms with Gasteiger partial charge < -0.3 is 4.74 Å². The normalized spacial score (nSPS) is 11.4. The van der Waals surface area contributed by atoms with Gasteiger partial charge in [-0.3, -0.25) is 4.79 Å². The van der Waals surface area contributed by atoms with Gasteiger partial charge >= 0.3 is 6.18 Å². The summed E-state index contributed by atoms with van der Waals surface area (Å²) in [6.45, 7) is 2.68. The Balaban J connectivity index is 3.46. The molecule has 0 heterocycles. The predicted molar refractivity (Wildman–Crippen MR) is 52.7 cm³/mol. The minimum absolute atomic E-state index is 0.0465. The van der Waals surface area contributed by atoms with Crippen molar-refractivity contribution < 1.29 is 22.7 Å². The van der Waals surface area contributed by atoms with Crippen molar-refractivity contribution in [2.24, 2.45) is 0 Å². The minimum Gasteiger partial charge on any atom is -0.496 e. The van der Waals surface area contributed by atoms with Crippen molar-refractivity contribution in [2.75, 3.05) is 7.11 Å². The van der Waals surface area contributed by atoms with Crippen molar-refractivity contribution in [3.05, 3.63) is 28.8 Å². The highest BCUT2D eigenvalue weighted by Crippen LogP contribution is 2.34. The molecular weight excluding hydrogens is 221 g/mol. The summed E-state index contributed by atoms with van der Waals surface area (Å²) < 4.78 is 42.4. The summed E-state index contributed by atoms with van der Waals surface area (Å²) in [5.74, 6) is -0.258. The van der Waals surface area contributed by atoms with Crippen LogP contribution in [0.25, 0.3) is 0 Å². The lowest BCUT2D eigenvalue weighted by Crippen LogP contribution is -2.09. The Morgan fingerprint density at radius 3 is 2.25 bits per heavy atom. The first-order valence-corrected chi connectivity index (χ1v) is 4.54. The fraction of sp³-hybridized carbons (Fsp3) is 0.364. The van der Waals surface area contributed by atoms with Crippen LogP contribution in [0.2, 0.25) is 0 Å². The highest BCUT2D eigenvalue weighted by atomic mass is 19.4. The molecule has 0 atom stereocenters. The standard InChI is InChI=1S/C11H11F3O2/c1-6-4-8(11(12,13)14)5-9(7(2)15)10(6)16-3/h4-5H,1-3H3. The molecule has 0 bridgehead atoms. The Kier molecular flexibility index (Phi) is 3.26. The summed E-state index contributed by atoms with van der Waals surface area (Å²) in [5.41, 5.74) is -0.589. The average molecular weight is 232 g/mol. The van der Waals surface area contributed by atoms with E-state index in [0.717, 1.165) is 12.1 Å². The van der Waals surface area contributed by atoms with E-state index in [-0.39, 0.29) is 11.3 Å². The molecule has 0 radical (unpaired) electrons. The van der Waals surface area contributed by atoms with E-state index < -0.39 is 17.5 Å². The van der Waals surface area contributed by atoms with Gasteiger partial charge in [0.25, 0.3) is 0 Å². The summed E-state index contributed by atoms with van der Waals surface area (Å²) in [4.78, 5) is 11.2. The van der Waals surface area contributed by atoms with Crippen LogP contribution in [0.15, 0.2) is 12.1 Å². The van der Waals surface area contributed by atoms with Crippen molar-refractivity contribution in [3.63, 3.8) is 0 Å². The molecule has 0 unspecified atom stereocenters. The summed E-state index contributed by atoms with van der Waals surface area (Å²) in [7, 11) is 1.32. The molecule has 5 heteroatoms. The van der Waals surface area contributed by atoms with Gasteiger partial charge in [-0.2, -0.15) is 13.2 Å². The Labute approximate surface area is 91.0 Å². The Morgan fingerprint density at radius 1 is 1.31 bits per heavy atom. The lowest BCUT2D eigenvalue weighted by molar-refractivity contribution is -0.137. The zero-order chi connectivity index (χ0) is 12.5. The lowest BCUT2D eigenvalue weighted by Gasteiger charge is -2.13. The van der Waals surface area contributed by atoms with Crippen molar-refractivity contribution >= 4 is 5.78 Å². The van der Waals surface area contributed by atoms with E-state index in [0.29, 0.717) is 5.56 Å². The number of ketones is 1. The second-order valence-corrected chi connectivity index (χ2v) is 3.43. The van der Waals surface area contributed by atoms with Crippen molar-refractivity contribution in [2.45, 2.75) is 20.0 Å². The fourth-order valence-corrected chi connectivity index (χ4v) is 1.47. The smallest absolute Gasteiger partial charge is 0.416 e. The van der Waals surface area contributed by atoms with Crippen molar-refractivity contribution in [1.82, 2.24) is 0 Å². The third-order valence-electron chi connectivity index (χ3n) is 2.19. The SMILES string of the molecule is COc1c(C)cc(C(F)(F)F)cc1C(C)=O. The molecule has 0 amide bonds. The van der Waals surface area contributed by atoms with E-state index in [1.807, 2.05) is 0 Å². The molecule has 0 spiro atoms. The number of benzene rings is 1. The van der Waals surface area contributed by atoms with Gasteiger partial charge in [0, 0.05) is 0 Å². The summed E-state index contributed by atoms with van der Waals surface area (Å²) in [5, 5.41) is 0. The maximum atomic E-state index is 12.5. The van der Waals surface area contributed by atoms with Gasteiger partial charge in [0.05, 0.1) is 18.2 Å². The molecule has 0 saturated heterocycles. The second kappa shape index (κ2) is 4.15. The predicted octanol–water partition coefficient (Wildman–Crippen LogP) is 3.23. The highest BCUT2D eigenvalue weighted by molar-refractivity contribution is 5.97. The summed E-state index contributed by atoms with van der Waals surface area (Å²) >= 11 is 0. The number of methoxy groups -OCH3 is 1. The number of carbonyl (C=O) groups is 1. The van der Waals surface area contributed by atoms with Gasteiger partial charge in [-0.25, -0.2) is 0 Å². The monoisotopic (exact) mass is 232 g/mol. The molecule has 16 heavy (non-hydrogen) atoms. The number of carbonyl (C=O) groups excluding carboxylic acids is 1. The fourth-order valence-electron chi connectivity index (χ4n) is 1.47. The van der Waals surface area contributed by atoms with Crippen LogP contribution >= 0.6 is 0 Å². The van der Waals surface area contributed by atoms with E-state index in [1.165, 1.54) is 21.0 Å². The van der Waals surface area contributed by atoms with E-state index in [1.54, 1.807) is 0 Å². The Morgan fingerprint density at radius 2 is 1.88 bits per heavy atom. The molecule has 88 valence electrons. The van der Waals surface area contributed by atoms with E-state index >= 15 is 0 Å². The number of hydrogen-bond donors (Lipinski definition) is 0. The van der Waals surface area contributed by atoms with Crippen LogP contribution in [0, 0.1) is 6.92 Å². The van der Waals surface area contributed by atoms with Gasteiger partial charge in [0.15, 0.2) is 5.78 Å². The summed E-state index contributed by atoms with van der Waals surface area (Å²) in [6.07, 6.45) is -4.46. The lowest BCUT2D eigenvalue weighted by atomic mass is 10.0. The highest BCUT2D eigenvalue weighted by Gasteiger charge is 2.32. The van der Waals surface area contributed by atoms with Gasteiger partial charge in [-0.1, -0.05) is 0 Å². The van der Waals surface area contributed by atoms with Crippen LogP contribution in [0.1, 0.15) is 28.4 Å². The molecule has 1 rings (SSSR count). The van der Waals surface area contributed by atoms with Gasteiger partial charge in [0.1, 0.15) is 5.75 Å². The zero-order valence-corrected chi connectivity index (χ0v) is 9.11. The van der Waals surface area contributed by atoms with Crippen LogP contribution < -0.4 is 4.74 Å². The molecule has 0 fully saturated rings. The largest absolute Gasteiger partial charge is 0.496 e. The van der Waals surface area contributed by atoms with Crippen LogP contribution in [0.5, 0.6) is 5.75 Å². The molecule has 0 aliphatic carbocycles.